The summed E-state index contributed by atoms with van der Waals surface area (Å²) in [5.74, 6) is 0.252. The molecule has 1 atom stereocenters. The third-order valence-corrected chi connectivity index (χ3v) is 4.26. The number of hydrogen-bond acceptors (Lipinski definition) is 4. The Morgan fingerprint density at radius 1 is 0.808 bits per heavy atom. The number of rotatable bonds is 4. The summed E-state index contributed by atoms with van der Waals surface area (Å²) in [7, 11) is 0. The second-order valence-electron chi connectivity index (χ2n) is 5.89. The van der Waals surface area contributed by atoms with E-state index in [2.05, 4.69) is 15.3 Å². The predicted octanol–water partition coefficient (Wildman–Crippen LogP) is 4.68. The number of pyridine rings is 2. The van der Waals surface area contributed by atoms with Gasteiger partial charge in [-0.2, -0.15) is 0 Å². The zero-order valence-corrected chi connectivity index (χ0v) is 13.8. The Hall–Kier alpha value is -3.47. The second-order valence-corrected chi connectivity index (χ2v) is 5.89. The van der Waals surface area contributed by atoms with Gasteiger partial charge in [-0.15, -0.1) is 0 Å². The van der Waals surface area contributed by atoms with E-state index >= 15 is 0 Å². The van der Waals surface area contributed by atoms with Crippen molar-refractivity contribution in [1.29, 1.82) is 0 Å². The number of fused-ring (bicyclic) bond motifs is 1. The summed E-state index contributed by atoms with van der Waals surface area (Å²) in [6.45, 7) is 0. The molecule has 5 heteroatoms. The molecule has 0 amide bonds. The van der Waals surface area contributed by atoms with Crippen molar-refractivity contribution < 1.29 is 9.50 Å². The molecule has 4 rings (SSSR count). The van der Waals surface area contributed by atoms with Gasteiger partial charge >= 0.3 is 0 Å². The van der Waals surface area contributed by atoms with Crippen molar-refractivity contribution in [3.05, 3.63) is 96.1 Å². The van der Waals surface area contributed by atoms with Crippen molar-refractivity contribution in [2.24, 2.45) is 0 Å². The van der Waals surface area contributed by atoms with Crippen molar-refractivity contribution in [3.63, 3.8) is 0 Å². The molecule has 0 aliphatic heterocycles. The minimum Gasteiger partial charge on any atom is -0.505 e. The van der Waals surface area contributed by atoms with Gasteiger partial charge in [0.2, 0.25) is 0 Å². The normalized spacial score (nSPS) is 12.0. The average Bonchev–Trinajstić information content (AvgIpc) is 2.68. The van der Waals surface area contributed by atoms with E-state index in [4.69, 9.17) is 0 Å². The number of halogens is 1. The molecule has 2 aromatic heterocycles. The van der Waals surface area contributed by atoms with Gasteiger partial charge in [-0.3, -0.25) is 4.98 Å². The molecule has 2 aromatic carbocycles. The van der Waals surface area contributed by atoms with Gasteiger partial charge in [0.05, 0.1) is 6.04 Å². The van der Waals surface area contributed by atoms with Gasteiger partial charge < -0.3 is 10.4 Å². The number of phenolic OH excluding ortho intramolecular Hbond substituents is 1. The van der Waals surface area contributed by atoms with E-state index < -0.39 is 6.04 Å². The summed E-state index contributed by atoms with van der Waals surface area (Å²) >= 11 is 0. The lowest BCUT2D eigenvalue weighted by atomic mass is 9.96. The van der Waals surface area contributed by atoms with Gasteiger partial charge in [0.25, 0.3) is 0 Å². The van der Waals surface area contributed by atoms with Crippen LogP contribution in [0.1, 0.15) is 17.2 Å². The van der Waals surface area contributed by atoms with Crippen molar-refractivity contribution in [1.82, 2.24) is 9.97 Å². The minimum absolute atomic E-state index is 0.0276. The van der Waals surface area contributed by atoms with E-state index in [1.165, 1.54) is 6.07 Å². The quantitative estimate of drug-likeness (QED) is 0.564. The van der Waals surface area contributed by atoms with Gasteiger partial charge in [0.1, 0.15) is 22.9 Å². The van der Waals surface area contributed by atoms with Gasteiger partial charge in [-0.05, 0) is 24.3 Å². The SMILES string of the molecule is Oc1c([C@@H](Nc2ccccn2)c2ccccc2F)ccc2cccnc12. The number of aromatic hydroxyl groups is 1. The Balaban J connectivity index is 1.88. The smallest absolute Gasteiger partial charge is 0.147 e. The summed E-state index contributed by atoms with van der Waals surface area (Å²) in [5, 5.41) is 14.8. The molecule has 2 N–H and O–H groups in total. The molecule has 0 saturated carbocycles. The lowest BCUT2D eigenvalue weighted by molar-refractivity contribution is 0.471. The highest BCUT2D eigenvalue weighted by Gasteiger charge is 2.22. The Morgan fingerprint density at radius 3 is 2.42 bits per heavy atom. The molecule has 0 aliphatic rings. The highest BCUT2D eigenvalue weighted by molar-refractivity contribution is 5.86. The van der Waals surface area contributed by atoms with Crippen molar-refractivity contribution in [2.75, 3.05) is 5.32 Å². The molecule has 128 valence electrons. The van der Waals surface area contributed by atoms with E-state index in [1.54, 1.807) is 48.8 Å². The first-order chi connectivity index (χ1) is 12.7. The van der Waals surface area contributed by atoms with E-state index in [1.807, 2.05) is 24.3 Å². The highest BCUT2D eigenvalue weighted by atomic mass is 19.1. The molecule has 0 spiro atoms. The molecule has 0 fully saturated rings. The fourth-order valence-corrected chi connectivity index (χ4v) is 3.01. The third-order valence-electron chi connectivity index (χ3n) is 4.26. The van der Waals surface area contributed by atoms with Crippen LogP contribution in [0.4, 0.5) is 10.2 Å². The van der Waals surface area contributed by atoms with E-state index in [9.17, 15) is 9.50 Å². The van der Waals surface area contributed by atoms with Crippen LogP contribution in [-0.2, 0) is 0 Å². The Labute approximate surface area is 150 Å². The average molecular weight is 345 g/mol. The molecule has 0 aliphatic carbocycles. The van der Waals surface area contributed by atoms with Gasteiger partial charge in [0.15, 0.2) is 0 Å². The van der Waals surface area contributed by atoms with Crippen molar-refractivity contribution >= 4 is 16.7 Å². The molecule has 26 heavy (non-hydrogen) atoms. The summed E-state index contributed by atoms with van der Waals surface area (Å²) in [6.07, 6.45) is 3.28. The second kappa shape index (κ2) is 6.80. The molecule has 0 radical (unpaired) electrons. The maximum atomic E-state index is 14.5. The minimum atomic E-state index is -0.613. The van der Waals surface area contributed by atoms with Gasteiger partial charge in [-0.25, -0.2) is 9.37 Å². The van der Waals surface area contributed by atoms with Crippen molar-refractivity contribution in [2.45, 2.75) is 6.04 Å². The lowest BCUT2D eigenvalue weighted by Crippen LogP contribution is -2.15. The number of nitrogens with zero attached hydrogens (tertiary/aromatic N) is 2. The number of nitrogens with one attached hydrogen (secondary N) is 1. The standard InChI is InChI=1S/C21H16FN3O/c22-17-8-2-1-7-15(17)20(25-18-9-3-4-12-23-18)16-11-10-14-6-5-13-24-19(14)21(16)26/h1-13,20,26H,(H,23,25)/t20-/m0/s1. The predicted molar refractivity (Wildman–Crippen MR) is 99.5 cm³/mol. The Bertz CT molecular complexity index is 1050. The van der Waals surface area contributed by atoms with Crippen LogP contribution in [0.2, 0.25) is 0 Å². The number of aromatic nitrogens is 2. The van der Waals surface area contributed by atoms with Crippen LogP contribution in [0, 0.1) is 5.82 Å². The Kier molecular flexibility index (Phi) is 4.19. The van der Waals surface area contributed by atoms with Crippen LogP contribution < -0.4 is 5.32 Å². The number of anilines is 1. The first-order valence-corrected chi connectivity index (χ1v) is 8.22. The third kappa shape index (κ3) is 2.95. The van der Waals surface area contributed by atoms with Gasteiger partial charge in [0, 0.05) is 28.9 Å². The van der Waals surface area contributed by atoms with Crippen LogP contribution in [0.15, 0.2) is 79.1 Å². The topological polar surface area (TPSA) is 58.0 Å². The van der Waals surface area contributed by atoms with Crippen LogP contribution in [-0.4, -0.2) is 15.1 Å². The van der Waals surface area contributed by atoms with E-state index in [0.717, 1.165) is 5.39 Å². The maximum Gasteiger partial charge on any atom is 0.147 e. The monoisotopic (exact) mass is 345 g/mol. The molecule has 4 aromatic rings. The lowest BCUT2D eigenvalue weighted by Gasteiger charge is -2.22. The van der Waals surface area contributed by atoms with Crippen LogP contribution >= 0.6 is 0 Å². The molecule has 2 heterocycles. The zero-order chi connectivity index (χ0) is 17.9. The first kappa shape index (κ1) is 16.0. The molecule has 0 bridgehead atoms. The fourth-order valence-electron chi connectivity index (χ4n) is 3.01. The van der Waals surface area contributed by atoms with Crippen LogP contribution in [0.25, 0.3) is 10.9 Å². The van der Waals surface area contributed by atoms with E-state index in [0.29, 0.717) is 22.5 Å². The summed E-state index contributed by atoms with van der Waals surface area (Å²) in [5.41, 5.74) is 1.44. The van der Waals surface area contributed by atoms with Gasteiger partial charge in [-0.1, -0.05) is 42.5 Å². The first-order valence-electron chi connectivity index (χ1n) is 8.22. The largest absolute Gasteiger partial charge is 0.505 e. The summed E-state index contributed by atoms with van der Waals surface area (Å²) < 4.78 is 14.5. The van der Waals surface area contributed by atoms with E-state index in [-0.39, 0.29) is 11.6 Å². The number of phenols is 1. The highest BCUT2D eigenvalue weighted by Crippen LogP contribution is 2.36. The van der Waals surface area contributed by atoms with Crippen LogP contribution in [0.5, 0.6) is 5.75 Å². The summed E-state index contributed by atoms with van der Waals surface area (Å²) in [6, 6.07) is 18.7. The Morgan fingerprint density at radius 2 is 1.62 bits per heavy atom. The molecular weight excluding hydrogens is 329 g/mol. The molecule has 0 saturated heterocycles. The maximum absolute atomic E-state index is 14.5. The number of hydrogen-bond donors (Lipinski definition) is 2. The van der Waals surface area contributed by atoms with Crippen molar-refractivity contribution in [3.8, 4) is 5.75 Å². The summed E-state index contributed by atoms with van der Waals surface area (Å²) in [4.78, 5) is 8.52. The fraction of sp³-hybridized carbons (Fsp3) is 0.0476. The zero-order valence-electron chi connectivity index (χ0n) is 13.8. The molecule has 4 nitrogen and oxygen atoms in total. The van der Waals surface area contributed by atoms with Crippen LogP contribution in [0.3, 0.4) is 0 Å². The molecular formula is C21H16FN3O. The molecule has 0 unspecified atom stereocenters. The number of benzene rings is 2.